The number of hydrogen-bond donors (Lipinski definition) is 1. The minimum atomic E-state index is -0.824. The van der Waals surface area contributed by atoms with Gasteiger partial charge in [-0.3, -0.25) is 4.98 Å². The third-order valence-corrected chi connectivity index (χ3v) is 4.75. The zero-order valence-electron chi connectivity index (χ0n) is 15.0. The third kappa shape index (κ3) is 3.55. The van der Waals surface area contributed by atoms with Crippen molar-refractivity contribution in [1.29, 1.82) is 0 Å². The van der Waals surface area contributed by atoms with Crippen LogP contribution < -0.4 is 5.32 Å². The quantitative estimate of drug-likeness (QED) is 0.744. The van der Waals surface area contributed by atoms with Gasteiger partial charge in [-0.05, 0) is 30.2 Å². The number of amides is 2. The molecule has 3 aromatic rings. The highest BCUT2D eigenvalue weighted by atomic mass is 19.1. The lowest BCUT2D eigenvalue weighted by molar-refractivity contribution is 0.220. The number of pyridine rings is 1. The molecule has 1 N–H and O–H groups in total. The summed E-state index contributed by atoms with van der Waals surface area (Å²) in [6.07, 6.45) is 3.30. The van der Waals surface area contributed by atoms with Crippen molar-refractivity contribution in [1.82, 2.24) is 20.0 Å². The van der Waals surface area contributed by atoms with Gasteiger partial charge in [-0.15, -0.1) is 0 Å². The van der Waals surface area contributed by atoms with Crippen LogP contribution in [0.15, 0.2) is 47.2 Å². The molecule has 2 atom stereocenters. The Labute approximate surface area is 159 Å². The van der Waals surface area contributed by atoms with E-state index in [9.17, 15) is 13.6 Å². The van der Waals surface area contributed by atoms with E-state index in [2.05, 4.69) is 20.4 Å². The fraction of sp³-hybridized carbons (Fsp3) is 0.263. The topological polar surface area (TPSA) is 84.2 Å². The number of nitrogens with zero attached hydrogens (tertiary/aromatic N) is 4. The maximum atomic E-state index is 13.8. The van der Waals surface area contributed by atoms with E-state index < -0.39 is 17.7 Å². The summed E-state index contributed by atoms with van der Waals surface area (Å²) in [4.78, 5) is 22.5. The van der Waals surface area contributed by atoms with Gasteiger partial charge in [-0.25, -0.2) is 13.6 Å². The molecule has 7 nitrogen and oxygen atoms in total. The van der Waals surface area contributed by atoms with E-state index in [1.54, 1.807) is 23.4 Å². The van der Waals surface area contributed by atoms with Crippen molar-refractivity contribution in [2.45, 2.75) is 12.8 Å². The number of hydrogen-bond acceptors (Lipinski definition) is 5. The number of benzene rings is 1. The maximum Gasteiger partial charge on any atom is 0.321 e. The van der Waals surface area contributed by atoms with Gasteiger partial charge in [-0.1, -0.05) is 12.1 Å². The predicted molar refractivity (Wildman–Crippen MR) is 96.4 cm³/mol. The fourth-order valence-corrected chi connectivity index (χ4v) is 3.24. The molecule has 1 aliphatic heterocycles. The van der Waals surface area contributed by atoms with Crippen molar-refractivity contribution >= 4 is 11.7 Å². The minimum Gasteiger partial charge on any atom is -0.339 e. The van der Waals surface area contributed by atoms with Gasteiger partial charge in [0, 0.05) is 37.1 Å². The second-order valence-electron chi connectivity index (χ2n) is 6.74. The fourth-order valence-electron chi connectivity index (χ4n) is 3.24. The summed E-state index contributed by atoms with van der Waals surface area (Å²) >= 11 is 0. The van der Waals surface area contributed by atoms with Gasteiger partial charge < -0.3 is 14.7 Å². The molecule has 144 valence electrons. The highest BCUT2D eigenvalue weighted by Gasteiger charge is 2.37. The Morgan fingerprint density at radius 2 is 2.14 bits per heavy atom. The highest BCUT2D eigenvalue weighted by Crippen LogP contribution is 2.32. The third-order valence-electron chi connectivity index (χ3n) is 4.75. The smallest absolute Gasteiger partial charge is 0.321 e. The first-order chi connectivity index (χ1) is 13.5. The number of halogens is 2. The van der Waals surface area contributed by atoms with Crippen molar-refractivity contribution in [2.75, 3.05) is 18.4 Å². The van der Waals surface area contributed by atoms with E-state index in [1.165, 1.54) is 6.07 Å². The molecule has 1 saturated heterocycles. The average molecular weight is 385 g/mol. The molecule has 9 heteroatoms. The van der Waals surface area contributed by atoms with Crippen molar-refractivity contribution < 1.29 is 18.1 Å². The number of aromatic nitrogens is 3. The molecule has 1 fully saturated rings. The summed E-state index contributed by atoms with van der Waals surface area (Å²) in [6, 6.07) is 6.15. The van der Waals surface area contributed by atoms with Crippen molar-refractivity contribution in [2.24, 2.45) is 5.92 Å². The van der Waals surface area contributed by atoms with E-state index in [0.717, 1.165) is 17.7 Å². The summed E-state index contributed by atoms with van der Waals surface area (Å²) < 4.78 is 32.2. The molecule has 28 heavy (non-hydrogen) atoms. The highest BCUT2D eigenvalue weighted by molar-refractivity contribution is 5.89. The first-order valence-electron chi connectivity index (χ1n) is 8.76. The van der Waals surface area contributed by atoms with E-state index in [4.69, 9.17) is 4.52 Å². The monoisotopic (exact) mass is 385 g/mol. The molecule has 0 spiro atoms. The Kier molecular flexibility index (Phi) is 4.72. The zero-order chi connectivity index (χ0) is 19.7. The number of nitrogens with one attached hydrogen (secondary N) is 1. The number of likely N-dealkylation sites (tertiary alicyclic amines) is 1. The predicted octanol–water partition coefficient (Wildman–Crippen LogP) is 3.68. The van der Waals surface area contributed by atoms with Crippen LogP contribution in [0.2, 0.25) is 0 Å². The normalized spacial score (nSPS) is 19.0. The Balaban J connectivity index is 1.46. The first kappa shape index (κ1) is 18.0. The molecular weight excluding hydrogens is 368 g/mol. The Morgan fingerprint density at radius 1 is 1.29 bits per heavy atom. The molecule has 1 aromatic carbocycles. The minimum absolute atomic E-state index is 0.0702. The zero-order valence-corrected chi connectivity index (χ0v) is 15.0. The second-order valence-corrected chi connectivity index (χ2v) is 6.74. The summed E-state index contributed by atoms with van der Waals surface area (Å²) in [5, 5.41) is 6.47. The van der Waals surface area contributed by atoms with Gasteiger partial charge in [0.15, 0.2) is 0 Å². The molecule has 4 rings (SSSR count). The Bertz CT molecular complexity index is 995. The number of urea groups is 1. The Hall–Kier alpha value is -3.36. The summed E-state index contributed by atoms with van der Waals surface area (Å²) in [6.45, 7) is 2.78. The maximum absolute atomic E-state index is 13.8. The van der Waals surface area contributed by atoms with Gasteiger partial charge in [0.05, 0.1) is 11.6 Å². The lowest BCUT2D eigenvalue weighted by atomic mass is 9.98. The molecule has 2 unspecified atom stereocenters. The van der Waals surface area contributed by atoms with Crippen molar-refractivity contribution in [3.05, 3.63) is 60.3 Å². The number of carbonyl (C=O) groups excluding carboxylic acids is 1. The van der Waals surface area contributed by atoms with Crippen LogP contribution in [0.25, 0.3) is 11.4 Å². The summed E-state index contributed by atoms with van der Waals surface area (Å²) in [7, 11) is 0. The molecule has 0 saturated carbocycles. The molecule has 3 heterocycles. The van der Waals surface area contributed by atoms with Crippen LogP contribution >= 0.6 is 0 Å². The van der Waals surface area contributed by atoms with Crippen LogP contribution in [0.3, 0.4) is 0 Å². The van der Waals surface area contributed by atoms with Gasteiger partial charge in [0.1, 0.15) is 11.6 Å². The van der Waals surface area contributed by atoms with E-state index in [1.807, 2.05) is 13.0 Å². The van der Waals surface area contributed by atoms with Crippen LogP contribution in [0.5, 0.6) is 0 Å². The molecule has 0 bridgehead atoms. The van der Waals surface area contributed by atoms with Crippen LogP contribution in [0.1, 0.15) is 18.7 Å². The van der Waals surface area contributed by atoms with Gasteiger partial charge in [0.2, 0.25) is 11.7 Å². The van der Waals surface area contributed by atoms with E-state index in [-0.39, 0.29) is 17.5 Å². The molecule has 2 amide bonds. The molecule has 1 aliphatic rings. The number of rotatable bonds is 3. The second kappa shape index (κ2) is 7.34. The summed E-state index contributed by atoms with van der Waals surface area (Å²) in [5.74, 6) is -0.713. The SMILES string of the molecule is CC1CN(C(=O)Nc2ccc(F)cc2F)CC1c1nc(-c2cccnc2)no1. The van der Waals surface area contributed by atoms with Crippen LogP contribution in [-0.2, 0) is 0 Å². The lowest BCUT2D eigenvalue weighted by Gasteiger charge is -2.17. The Morgan fingerprint density at radius 3 is 2.89 bits per heavy atom. The molecule has 0 aliphatic carbocycles. The van der Waals surface area contributed by atoms with Gasteiger partial charge in [-0.2, -0.15) is 4.98 Å². The number of carbonyl (C=O) groups is 1. The van der Waals surface area contributed by atoms with E-state index >= 15 is 0 Å². The first-order valence-corrected chi connectivity index (χ1v) is 8.76. The molecular formula is C19H17F2N5O2. The van der Waals surface area contributed by atoms with Crippen molar-refractivity contribution in [3.8, 4) is 11.4 Å². The average Bonchev–Trinajstić information content (AvgIpc) is 3.31. The van der Waals surface area contributed by atoms with Crippen LogP contribution in [-0.4, -0.2) is 39.1 Å². The van der Waals surface area contributed by atoms with Gasteiger partial charge >= 0.3 is 6.03 Å². The van der Waals surface area contributed by atoms with Gasteiger partial charge in [0.25, 0.3) is 0 Å². The van der Waals surface area contributed by atoms with Crippen molar-refractivity contribution in [3.63, 3.8) is 0 Å². The number of anilines is 1. The standard InChI is InChI=1S/C19H17F2N5O2/c1-11-9-26(19(27)23-16-5-4-13(20)7-15(16)21)10-14(11)18-24-17(25-28-18)12-3-2-6-22-8-12/h2-8,11,14H,9-10H2,1H3,(H,23,27). The largest absolute Gasteiger partial charge is 0.339 e. The lowest BCUT2D eigenvalue weighted by Crippen LogP contribution is -2.33. The van der Waals surface area contributed by atoms with Crippen LogP contribution in [0, 0.1) is 17.6 Å². The van der Waals surface area contributed by atoms with E-state index in [0.29, 0.717) is 24.8 Å². The molecule has 0 radical (unpaired) electrons. The molecule has 2 aromatic heterocycles. The van der Waals surface area contributed by atoms with Crippen LogP contribution in [0.4, 0.5) is 19.3 Å². The summed E-state index contributed by atoms with van der Waals surface area (Å²) in [5.41, 5.74) is 0.670.